The molecule has 1 saturated heterocycles. The van der Waals surface area contributed by atoms with Crippen molar-refractivity contribution in [3.63, 3.8) is 0 Å². The van der Waals surface area contributed by atoms with Gasteiger partial charge in [0.25, 0.3) is 0 Å². The number of rotatable bonds is 3. The van der Waals surface area contributed by atoms with Gasteiger partial charge in [-0.1, -0.05) is 19.3 Å². The number of hydrogen-bond donors (Lipinski definition) is 1. The van der Waals surface area contributed by atoms with Crippen LogP contribution in [-0.4, -0.2) is 18.3 Å². The van der Waals surface area contributed by atoms with Crippen molar-refractivity contribution in [1.82, 2.24) is 0 Å². The summed E-state index contributed by atoms with van der Waals surface area (Å²) in [6, 6.07) is 4.23. The van der Waals surface area contributed by atoms with Crippen molar-refractivity contribution in [3.05, 3.63) is 24.0 Å². The monoisotopic (exact) mass is 279 g/mol. The molecular formula is C16H22FNO2. The molecule has 0 bridgehead atoms. The summed E-state index contributed by atoms with van der Waals surface area (Å²) in [5, 5.41) is 0. The van der Waals surface area contributed by atoms with Crippen molar-refractivity contribution in [2.24, 2.45) is 0 Å². The molecule has 2 fully saturated rings. The van der Waals surface area contributed by atoms with E-state index in [4.69, 9.17) is 15.2 Å². The number of nitrogen functional groups attached to an aromatic ring is 1. The number of nitrogens with two attached hydrogens (primary N) is 1. The first-order valence-corrected chi connectivity index (χ1v) is 7.53. The molecule has 0 radical (unpaired) electrons. The van der Waals surface area contributed by atoms with Gasteiger partial charge in [0.2, 0.25) is 0 Å². The average molecular weight is 279 g/mol. The highest BCUT2D eigenvalue weighted by molar-refractivity contribution is 5.52. The third kappa shape index (κ3) is 2.90. The standard InChI is InChI=1S/C16H22FNO2/c17-12-4-5-15(14(18)10-12)19-11-13-6-9-16(20-13)7-2-1-3-8-16/h4-5,10,13H,1-3,6-9,11,18H2. The molecule has 2 N–H and O–H groups in total. The summed E-state index contributed by atoms with van der Waals surface area (Å²) < 4.78 is 24.9. The van der Waals surface area contributed by atoms with Crippen LogP contribution in [0.15, 0.2) is 18.2 Å². The van der Waals surface area contributed by atoms with Crippen LogP contribution in [0.25, 0.3) is 0 Å². The van der Waals surface area contributed by atoms with Crippen LogP contribution in [0.2, 0.25) is 0 Å². The van der Waals surface area contributed by atoms with E-state index in [9.17, 15) is 4.39 Å². The lowest BCUT2D eigenvalue weighted by atomic mass is 9.83. The molecule has 1 aliphatic heterocycles. The van der Waals surface area contributed by atoms with E-state index in [0.29, 0.717) is 18.0 Å². The fourth-order valence-corrected chi connectivity index (χ4v) is 3.41. The first-order valence-electron chi connectivity index (χ1n) is 7.53. The second-order valence-electron chi connectivity index (χ2n) is 6.02. The van der Waals surface area contributed by atoms with Crippen molar-refractivity contribution in [3.8, 4) is 5.75 Å². The van der Waals surface area contributed by atoms with Gasteiger partial charge >= 0.3 is 0 Å². The third-order valence-electron chi connectivity index (χ3n) is 4.50. The minimum atomic E-state index is -0.340. The van der Waals surface area contributed by atoms with E-state index in [0.717, 1.165) is 12.8 Å². The minimum absolute atomic E-state index is 0.112. The Labute approximate surface area is 119 Å². The molecule has 1 saturated carbocycles. The fourth-order valence-electron chi connectivity index (χ4n) is 3.41. The van der Waals surface area contributed by atoms with Crippen molar-refractivity contribution in [2.45, 2.75) is 56.7 Å². The van der Waals surface area contributed by atoms with Gasteiger partial charge in [0.05, 0.1) is 17.4 Å². The van der Waals surface area contributed by atoms with E-state index in [1.807, 2.05) is 0 Å². The zero-order valence-corrected chi connectivity index (χ0v) is 11.7. The molecular weight excluding hydrogens is 257 g/mol. The highest BCUT2D eigenvalue weighted by Gasteiger charge is 2.40. The van der Waals surface area contributed by atoms with E-state index >= 15 is 0 Å². The van der Waals surface area contributed by atoms with Gasteiger partial charge in [0.1, 0.15) is 18.2 Å². The lowest BCUT2D eigenvalue weighted by molar-refractivity contribution is -0.0748. The Morgan fingerprint density at radius 1 is 1.25 bits per heavy atom. The van der Waals surface area contributed by atoms with E-state index in [1.54, 1.807) is 6.07 Å². The first-order chi connectivity index (χ1) is 9.67. The lowest BCUT2D eigenvalue weighted by Crippen LogP contribution is -2.32. The number of benzene rings is 1. The molecule has 0 amide bonds. The molecule has 110 valence electrons. The Bertz CT molecular complexity index is 472. The largest absolute Gasteiger partial charge is 0.489 e. The van der Waals surface area contributed by atoms with Crippen molar-refractivity contribution in [1.29, 1.82) is 0 Å². The Kier molecular flexibility index (Phi) is 3.83. The number of hydrogen-bond acceptors (Lipinski definition) is 3. The molecule has 1 unspecified atom stereocenters. The Balaban J connectivity index is 1.54. The quantitative estimate of drug-likeness (QED) is 0.859. The summed E-state index contributed by atoms with van der Waals surface area (Å²) in [5.41, 5.74) is 6.19. The van der Waals surface area contributed by atoms with Gasteiger partial charge in [-0.25, -0.2) is 4.39 Å². The van der Waals surface area contributed by atoms with E-state index in [-0.39, 0.29) is 17.5 Å². The molecule has 1 aliphatic carbocycles. The third-order valence-corrected chi connectivity index (χ3v) is 4.50. The molecule has 3 rings (SSSR count). The maximum absolute atomic E-state index is 13.0. The normalized spacial score (nSPS) is 24.9. The summed E-state index contributed by atoms with van der Waals surface area (Å²) in [4.78, 5) is 0. The molecule has 1 spiro atoms. The van der Waals surface area contributed by atoms with Crippen molar-refractivity contribution < 1.29 is 13.9 Å². The second-order valence-corrected chi connectivity index (χ2v) is 6.02. The molecule has 20 heavy (non-hydrogen) atoms. The fraction of sp³-hybridized carbons (Fsp3) is 0.625. The van der Waals surface area contributed by atoms with Crippen molar-refractivity contribution in [2.75, 3.05) is 12.3 Å². The van der Waals surface area contributed by atoms with Gasteiger partial charge < -0.3 is 15.2 Å². The van der Waals surface area contributed by atoms with Crippen LogP contribution in [0.5, 0.6) is 5.75 Å². The Morgan fingerprint density at radius 3 is 2.80 bits per heavy atom. The smallest absolute Gasteiger partial charge is 0.142 e. The summed E-state index contributed by atoms with van der Waals surface area (Å²) in [6.07, 6.45) is 8.57. The van der Waals surface area contributed by atoms with E-state index < -0.39 is 0 Å². The molecule has 1 aromatic rings. The summed E-state index contributed by atoms with van der Waals surface area (Å²) in [5.74, 6) is 0.202. The number of anilines is 1. The number of halogens is 1. The summed E-state index contributed by atoms with van der Waals surface area (Å²) >= 11 is 0. The van der Waals surface area contributed by atoms with Crippen LogP contribution in [0.1, 0.15) is 44.9 Å². The first kappa shape index (κ1) is 13.7. The molecule has 1 atom stereocenters. The van der Waals surface area contributed by atoms with Gasteiger partial charge in [0.15, 0.2) is 0 Å². The highest BCUT2D eigenvalue weighted by Crippen LogP contribution is 2.42. The topological polar surface area (TPSA) is 44.5 Å². The number of ether oxygens (including phenoxy) is 2. The Morgan fingerprint density at radius 2 is 2.05 bits per heavy atom. The van der Waals surface area contributed by atoms with Gasteiger partial charge in [-0.05, 0) is 37.8 Å². The van der Waals surface area contributed by atoms with Crippen LogP contribution in [0.4, 0.5) is 10.1 Å². The summed E-state index contributed by atoms with van der Waals surface area (Å²) in [6.45, 7) is 0.498. The predicted molar refractivity (Wildman–Crippen MR) is 76.2 cm³/mol. The zero-order chi connectivity index (χ0) is 14.0. The van der Waals surface area contributed by atoms with Crippen LogP contribution in [0.3, 0.4) is 0 Å². The van der Waals surface area contributed by atoms with E-state index in [1.165, 1.54) is 44.2 Å². The summed E-state index contributed by atoms with van der Waals surface area (Å²) in [7, 11) is 0. The van der Waals surface area contributed by atoms with E-state index in [2.05, 4.69) is 0 Å². The van der Waals surface area contributed by atoms with Gasteiger partial charge in [-0.3, -0.25) is 0 Å². The minimum Gasteiger partial charge on any atom is -0.489 e. The maximum atomic E-state index is 13.0. The van der Waals surface area contributed by atoms with Crippen molar-refractivity contribution >= 4 is 5.69 Å². The molecule has 0 aromatic heterocycles. The second kappa shape index (κ2) is 5.60. The van der Waals surface area contributed by atoms with Gasteiger partial charge in [-0.15, -0.1) is 0 Å². The molecule has 1 heterocycles. The molecule has 1 aromatic carbocycles. The van der Waals surface area contributed by atoms with Crippen LogP contribution >= 0.6 is 0 Å². The maximum Gasteiger partial charge on any atom is 0.142 e. The lowest BCUT2D eigenvalue weighted by Gasteiger charge is -2.33. The molecule has 3 nitrogen and oxygen atoms in total. The SMILES string of the molecule is Nc1cc(F)ccc1OCC1CCC2(CCCCC2)O1. The molecule has 4 heteroatoms. The van der Waals surface area contributed by atoms with Gasteiger partial charge in [-0.2, -0.15) is 0 Å². The van der Waals surface area contributed by atoms with Crippen LogP contribution < -0.4 is 10.5 Å². The van der Waals surface area contributed by atoms with Crippen LogP contribution in [0, 0.1) is 5.82 Å². The Hall–Kier alpha value is -1.29. The van der Waals surface area contributed by atoms with Crippen LogP contribution in [-0.2, 0) is 4.74 Å². The molecule has 2 aliphatic rings. The zero-order valence-electron chi connectivity index (χ0n) is 11.7. The van der Waals surface area contributed by atoms with Gasteiger partial charge in [0, 0.05) is 6.07 Å². The highest BCUT2D eigenvalue weighted by atomic mass is 19.1. The predicted octanol–water partition coefficient (Wildman–Crippen LogP) is 3.67. The average Bonchev–Trinajstić information content (AvgIpc) is 2.82.